The number of methoxy groups -OCH3 is 1. The lowest BCUT2D eigenvalue weighted by Crippen LogP contribution is -2.42. The Kier molecular flexibility index (Phi) is 6.97. The van der Waals surface area contributed by atoms with Gasteiger partial charge in [-0.25, -0.2) is 4.98 Å². The van der Waals surface area contributed by atoms with Crippen molar-refractivity contribution in [2.24, 2.45) is 10.7 Å². The molecule has 2 aromatic rings. The zero-order chi connectivity index (χ0) is 21.5. The maximum Gasteiger partial charge on any atom is 0.225 e. The number of amides is 1. The van der Waals surface area contributed by atoms with Gasteiger partial charge in [0.2, 0.25) is 11.8 Å². The number of pyridine rings is 1. The van der Waals surface area contributed by atoms with Gasteiger partial charge in [-0.15, -0.1) is 0 Å². The first kappa shape index (κ1) is 21.3. The van der Waals surface area contributed by atoms with E-state index in [1.807, 2.05) is 12.1 Å². The van der Waals surface area contributed by atoms with Crippen LogP contribution in [0.4, 0.5) is 5.69 Å². The highest BCUT2D eigenvalue weighted by molar-refractivity contribution is 6.08. The third-order valence-electron chi connectivity index (χ3n) is 4.95. The Morgan fingerprint density at radius 1 is 1.33 bits per heavy atom. The fourth-order valence-electron chi connectivity index (χ4n) is 3.26. The average Bonchev–Trinajstić information content (AvgIpc) is 2.79. The summed E-state index contributed by atoms with van der Waals surface area (Å²) in [5, 5.41) is 8.68. The van der Waals surface area contributed by atoms with Gasteiger partial charge < -0.3 is 31.3 Å². The monoisotopic (exact) mass is 410 g/mol. The number of nitrogens with zero attached hydrogens (tertiary/aromatic N) is 3. The summed E-state index contributed by atoms with van der Waals surface area (Å²) in [6, 6.07) is 8.31. The number of carbonyl (C=O) groups is 1. The van der Waals surface area contributed by atoms with E-state index in [2.05, 4.69) is 9.98 Å². The van der Waals surface area contributed by atoms with Crippen LogP contribution in [0.5, 0.6) is 5.88 Å². The van der Waals surface area contributed by atoms with Crippen molar-refractivity contribution >= 4 is 23.6 Å². The molecule has 1 aliphatic rings. The Hall–Kier alpha value is -3.46. The molecule has 1 amide bonds. The van der Waals surface area contributed by atoms with Crippen molar-refractivity contribution in [2.45, 2.75) is 12.5 Å². The highest BCUT2D eigenvalue weighted by atomic mass is 16.5. The van der Waals surface area contributed by atoms with Crippen LogP contribution >= 0.6 is 0 Å². The van der Waals surface area contributed by atoms with Crippen LogP contribution in [-0.4, -0.2) is 67.3 Å². The minimum Gasteiger partial charge on any atom is -0.481 e. The number of carbonyl (C=O) groups excluding carboxylic acids is 1. The number of anilines is 1. The predicted octanol–water partition coefficient (Wildman–Crippen LogP) is 1.31. The molecular weight excluding hydrogens is 384 g/mol. The molecular formula is C21H26N6O3. The van der Waals surface area contributed by atoms with Gasteiger partial charge in [0.25, 0.3) is 0 Å². The number of nitrogen functional groups attached to an aromatic ring is 1. The molecule has 0 aliphatic carbocycles. The van der Waals surface area contributed by atoms with E-state index < -0.39 is 6.04 Å². The molecule has 0 spiro atoms. The molecule has 1 unspecified atom stereocenters. The van der Waals surface area contributed by atoms with Gasteiger partial charge in [0.05, 0.1) is 38.8 Å². The molecule has 1 aromatic carbocycles. The maximum absolute atomic E-state index is 12.7. The van der Waals surface area contributed by atoms with Crippen LogP contribution < -0.4 is 16.2 Å². The summed E-state index contributed by atoms with van der Waals surface area (Å²) in [5.74, 6) is 0.425. The van der Waals surface area contributed by atoms with Crippen molar-refractivity contribution < 1.29 is 14.3 Å². The second-order valence-corrected chi connectivity index (χ2v) is 6.82. The highest BCUT2D eigenvalue weighted by Gasteiger charge is 2.25. The number of benzene rings is 1. The van der Waals surface area contributed by atoms with Crippen molar-refractivity contribution in [1.82, 2.24) is 9.88 Å². The molecule has 2 heterocycles. The molecule has 1 saturated heterocycles. The minimum atomic E-state index is -0.725. The van der Waals surface area contributed by atoms with E-state index in [0.717, 1.165) is 17.5 Å². The molecule has 1 atom stereocenters. The third kappa shape index (κ3) is 4.93. The molecule has 0 bridgehead atoms. The van der Waals surface area contributed by atoms with Crippen molar-refractivity contribution in [3.8, 4) is 17.0 Å². The Labute approximate surface area is 175 Å². The fourth-order valence-corrected chi connectivity index (χ4v) is 3.26. The van der Waals surface area contributed by atoms with Gasteiger partial charge in [-0.05, 0) is 23.8 Å². The quantitative estimate of drug-likeness (QED) is 0.357. The molecule has 1 fully saturated rings. The van der Waals surface area contributed by atoms with E-state index in [1.54, 1.807) is 36.4 Å². The lowest BCUT2D eigenvalue weighted by Gasteiger charge is -2.28. The average molecular weight is 410 g/mol. The Bertz CT molecular complexity index is 923. The van der Waals surface area contributed by atoms with E-state index in [-0.39, 0.29) is 18.0 Å². The van der Waals surface area contributed by atoms with Gasteiger partial charge in [-0.2, -0.15) is 0 Å². The largest absolute Gasteiger partial charge is 0.481 e. The summed E-state index contributed by atoms with van der Waals surface area (Å²) >= 11 is 0. The third-order valence-corrected chi connectivity index (χ3v) is 4.95. The zero-order valence-corrected chi connectivity index (χ0v) is 16.9. The molecule has 1 aromatic heterocycles. The summed E-state index contributed by atoms with van der Waals surface area (Å²) in [7, 11) is 1.56. The lowest BCUT2D eigenvalue weighted by atomic mass is 9.95. The first-order valence-corrected chi connectivity index (χ1v) is 9.61. The van der Waals surface area contributed by atoms with E-state index in [0.29, 0.717) is 43.4 Å². The van der Waals surface area contributed by atoms with Gasteiger partial charge in [-0.3, -0.25) is 9.79 Å². The van der Waals surface area contributed by atoms with E-state index in [9.17, 15) is 4.79 Å². The molecule has 0 saturated carbocycles. The van der Waals surface area contributed by atoms with Gasteiger partial charge >= 0.3 is 0 Å². The van der Waals surface area contributed by atoms with Crippen LogP contribution in [0.3, 0.4) is 0 Å². The van der Waals surface area contributed by atoms with Crippen LogP contribution in [0.25, 0.3) is 11.1 Å². The first-order chi connectivity index (χ1) is 14.5. The number of aliphatic imine (C=N–C) groups is 1. The Morgan fingerprint density at radius 3 is 2.70 bits per heavy atom. The summed E-state index contributed by atoms with van der Waals surface area (Å²) in [6.45, 7) is 2.10. The topological polar surface area (TPSA) is 140 Å². The molecule has 158 valence electrons. The predicted molar refractivity (Wildman–Crippen MR) is 116 cm³/mol. The van der Waals surface area contributed by atoms with Crippen LogP contribution in [-0.2, 0) is 9.53 Å². The van der Waals surface area contributed by atoms with Crippen LogP contribution in [0.1, 0.15) is 12.0 Å². The molecule has 30 heavy (non-hydrogen) atoms. The number of morpholine rings is 1. The Morgan fingerprint density at radius 2 is 2.07 bits per heavy atom. The second kappa shape index (κ2) is 9.84. The second-order valence-electron chi connectivity index (χ2n) is 6.82. The van der Waals surface area contributed by atoms with Crippen molar-refractivity contribution in [1.29, 1.82) is 5.41 Å². The number of aromatic nitrogens is 1. The van der Waals surface area contributed by atoms with Gasteiger partial charge in [0, 0.05) is 42.2 Å². The summed E-state index contributed by atoms with van der Waals surface area (Å²) in [6.07, 6.45) is 2.86. The fraction of sp³-hybridized carbons (Fsp3) is 0.333. The number of rotatable bonds is 7. The van der Waals surface area contributed by atoms with Crippen LogP contribution in [0.2, 0.25) is 0 Å². The molecule has 3 rings (SSSR count). The normalized spacial score (nSPS) is 15.2. The van der Waals surface area contributed by atoms with Crippen molar-refractivity contribution in [2.75, 3.05) is 39.1 Å². The first-order valence-electron chi connectivity index (χ1n) is 9.61. The molecule has 1 aliphatic heterocycles. The van der Waals surface area contributed by atoms with E-state index >= 15 is 0 Å². The van der Waals surface area contributed by atoms with Gasteiger partial charge in [0.1, 0.15) is 6.04 Å². The maximum atomic E-state index is 12.7. The number of hydrogen-bond acceptors (Lipinski definition) is 7. The summed E-state index contributed by atoms with van der Waals surface area (Å²) in [4.78, 5) is 22.8. The van der Waals surface area contributed by atoms with E-state index in [1.165, 1.54) is 0 Å². The highest BCUT2D eigenvalue weighted by Crippen LogP contribution is 2.26. The smallest absolute Gasteiger partial charge is 0.225 e. The number of ether oxygens (including phenoxy) is 2. The number of nitrogens with two attached hydrogens (primary N) is 2. The lowest BCUT2D eigenvalue weighted by molar-refractivity contribution is -0.135. The van der Waals surface area contributed by atoms with Crippen LogP contribution in [0, 0.1) is 5.41 Å². The number of hydrogen-bond donors (Lipinski definition) is 3. The summed E-state index contributed by atoms with van der Waals surface area (Å²) in [5.41, 5.74) is 14.4. The van der Waals surface area contributed by atoms with Gasteiger partial charge in [-0.1, -0.05) is 6.07 Å². The van der Waals surface area contributed by atoms with Crippen molar-refractivity contribution in [3.63, 3.8) is 0 Å². The summed E-state index contributed by atoms with van der Waals surface area (Å²) < 4.78 is 10.4. The SMILES string of the molecule is COc1ccc(-c2ccc(N)c(C(=N)C(CC(=O)N3CCOCC3)N=CN)c2)cn1. The number of nitrogens with one attached hydrogen (secondary N) is 1. The van der Waals surface area contributed by atoms with Crippen molar-refractivity contribution in [3.05, 3.63) is 42.1 Å². The molecule has 9 nitrogen and oxygen atoms in total. The van der Waals surface area contributed by atoms with E-state index in [4.69, 9.17) is 26.4 Å². The molecule has 0 radical (unpaired) electrons. The zero-order valence-electron chi connectivity index (χ0n) is 16.9. The standard InChI is InChI=1S/C21H26N6O3/c1-29-19-5-3-15(12-25-19)14-2-4-17(23)16(10-14)21(24)18(26-13-22)11-20(28)27-6-8-30-9-7-27/h2-5,10,12-13,18,24H,6-9,11,23H2,1H3,(H2,22,26). The van der Waals surface area contributed by atoms with Crippen LogP contribution in [0.15, 0.2) is 41.5 Å². The minimum absolute atomic E-state index is 0.0420. The Balaban J connectivity index is 1.83. The molecule has 9 heteroatoms. The molecule has 5 N–H and O–H groups in total. The van der Waals surface area contributed by atoms with Gasteiger partial charge in [0.15, 0.2) is 0 Å².